The number of benzene rings is 1. The lowest BCUT2D eigenvalue weighted by Gasteiger charge is -2.20. The topological polar surface area (TPSA) is 26.3 Å². The molecule has 1 aromatic rings. The van der Waals surface area contributed by atoms with E-state index >= 15 is 0 Å². The van der Waals surface area contributed by atoms with Crippen molar-refractivity contribution >= 4 is 29.5 Å². The summed E-state index contributed by atoms with van der Waals surface area (Å²) in [4.78, 5) is 11.9. The second-order valence-corrected chi connectivity index (χ2v) is 8.63. The Bertz CT molecular complexity index is 367. The van der Waals surface area contributed by atoms with E-state index in [2.05, 4.69) is 27.7 Å². The van der Waals surface area contributed by atoms with Crippen molar-refractivity contribution in [1.29, 1.82) is 0 Å². The van der Waals surface area contributed by atoms with Crippen LogP contribution >= 0.6 is 23.5 Å². The number of hydrogen-bond donors (Lipinski definition) is 0. The van der Waals surface area contributed by atoms with Crippen LogP contribution in [-0.4, -0.2) is 27.7 Å². The van der Waals surface area contributed by atoms with Gasteiger partial charge in [-0.15, -0.1) is 23.5 Å². The molecular weight excluding hydrogens is 276 g/mol. The van der Waals surface area contributed by atoms with E-state index in [1.54, 1.807) is 12.1 Å². The summed E-state index contributed by atoms with van der Waals surface area (Å²) in [5.74, 6) is -0.237. The van der Waals surface area contributed by atoms with Crippen molar-refractivity contribution in [2.45, 2.75) is 42.8 Å². The summed E-state index contributed by atoms with van der Waals surface area (Å²) < 4.78 is 5.71. The first-order chi connectivity index (χ1) is 8.99. The van der Waals surface area contributed by atoms with Crippen molar-refractivity contribution in [2.75, 3.05) is 6.61 Å². The maximum Gasteiger partial charge on any atom is 0.338 e. The molecule has 0 radical (unpaired) electrons. The van der Waals surface area contributed by atoms with Gasteiger partial charge in [0.25, 0.3) is 0 Å². The molecule has 0 aliphatic heterocycles. The van der Waals surface area contributed by atoms with Crippen molar-refractivity contribution in [2.24, 2.45) is 0 Å². The highest BCUT2D eigenvalue weighted by atomic mass is 32.2. The van der Waals surface area contributed by atoms with Crippen LogP contribution in [0.15, 0.2) is 30.3 Å². The second-order valence-electron chi connectivity index (χ2n) is 4.76. The van der Waals surface area contributed by atoms with Gasteiger partial charge < -0.3 is 4.74 Å². The van der Waals surface area contributed by atoms with Crippen LogP contribution in [-0.2, 0) is 4.74 Å². The van der Waals surface area contributed by atoms with Gasteiger partial charge in [-0.3, -0.25) is 0 Å². The summed E-state index contributed by atoms with van der Waals surface area (Å²) in [6, 6.07) is 9.15. The zero-order valence-electron chi connectivity index (χ0n) is 12.0. The largest absolute Gasteiger partial charge is 0.460 e. The number of esters is 1. The first-order valence-corrected chi connectivity index (χ1v) is 8.40. The molecular formula is C15H22O2S2. The van der Waals surface area contributed by atoms with Gasteiger partial charge in [0.15, 0.2) is 0 Å². The van der Waals surface area contributed by atoms with Gasteiger partial charge in [0, 0.05) is 10.5 Å². The first-order valence-electron chi connectivity index (χ1n) is 6.52. The minimum atomic E-state index is -0.237. The minimum absolute atomic E-state index is 0.237. The third-order valence-electron chi connectivity index (χ3n) is 2.21. The van der Waals surface area contributed by atoms with Crippen molar-refractivity contribution in [3.63, 3.8) is 0 Å². The lowest BCUT2D eigenvalue weighted by Crippen LogP contribution is -2.17. The quantitative estimate of drug-likeness (QED) is 0.548. The molecule has 106 valence electrons. The Kier molecular flexibility index (Phi) is 7.39. The van der Waals surface area contributed by atoms with Crippen molar-refractivity contribution in [1.82, 2.24) is 0 Å². The maximum absolute atomic E-state index is 11.9. The molecule has 0 spiro atoms. The summed E-state index contributed by atoms with van der Waals surface area (Å²) in [7, 11) is 0. The van der Waals surface area contributed by atoms with E-state index in [1.807, 2.05) is 41.7 Å². The normalized spacial score (nSPS) is 11.3. The van der Waals surface area contributed by atoms with Gasteiger partial charge in [-0.1, -0.05) is 45.9 Å². The van der Waals surface area contributed by atoms with Crippen LogP contribution in [0.4, 0.5) is 0 Å². The Morgan fingerprint density at radius 2 is 1.58 bits per heavy atom. The molecule has 0 aliphatic carbocycles. The Hall–Kier alpha value is -0.610. The summed E-state index contributed by atoms with van der Waals surface area (Å²) in [6.07, 6.45) is 0. The molecule has 4 heteroatoms. The molecule has 1 rings (SSSR count). The molecule has 19 heavy (non-hydrogen) atoms. The SMILES string of the molecule is CC(C)SC(COC(=O)c1ccccc1)SC(C)C. The van der Waals surface area contributed by atoms with Gasteiger partial charge in [-0.2, -0.15) is 0 Å². The van der Waals surface area contributed by atoms with Gasteiger partial charge in [0.1, 0.15) is 6.61 Å². The molecule has 0 bridgehead atoms. The van der Waals surface area contributed by atoms with Crippen molar-refractivity contribution < 1.29 is 9.53 Å². The fourth-order valence-electron chi connectivity index (χ4n) is 1.52. The molecule has 0 fully saturated rings. The Morgan fingerprint density at radius 3 is 2.05 bits per heavy atom. The third kappa shape index (κ3) is 6.92. The predicted octanol–water partition coefficient (Wildman–Crippen LogP) is 4.45. The zero-order chi connectivity index (χ0) is 14.3. The number of ether oxygens (including phenoxy) is 1. The Labute approximate surface area is 124 Å². The molecule has 1 aromatic carbocycles. The van der Waals surface area contributed by atoms with Crippen molar-refractivity contribution in [3.05, 3.63) is 35.9 Å². The van der Waals surface area contributed by atoms with E-state index in [-0.39, 0.29) is 5.97 Å². The van der Waals surface area contributed by atoms with E-state index in [0.717, 1.165) is 0 Å². The molecule has 0 saturated carbocycles. The second kappa shape index (κ2) is 8.54. The third-order valence-corrected chi connectivity index (χ3v) is 4.84. The average Bonchev–Trinajstić information content (AvgIpc) is 2.35. The highest BCUT2D eigenvalue weighted by Crippen LogP contribution is 2.30. The summed E-state index contributed by atoms with van der Waals surface area (Å²) in [5.41, 5.74) is 0.616. The molecule has 0 saturated heterocycles. The van der Waals surface area contributed by atoms with Crippen LogP contribution in [0.2, 0.25) is 0 Å². The fraction of sp³-hybridized carbons (Fsp3) is 0.533. The molecule has 0 aliphatic rings. The van der Waals surface area contributed by atoms with Crippen LogP contribution in [0.3, 0.4) is 0 Å². The van der Waals surface area contributed by atoms with Crippen LogP contribution in [0.5, 0.6) is 0 Å². The average molecular weight is 298 g/mol. The lowest BCUT2D eigenvalue weighted by atomic mass is 10.2. The zero-order valence-corrected chi connectivity index (χ0v) is 13.6. The number of carbonyl (C=O) groups is 1. The van der Waals surface area contributed by atoms with E-state index in [1.165, 1.54) is 0 Å². The summed E-state index contributed by atoms with van der Waals surface area (Å²) in [5, 5.41) is 1.07. The highest BCUT2D eigenvalue weighted by molar-refractivity contribution is 8.17. The van der Waals surface area contributed by atoms with Gasteiger partial charge in [0.2, 0.25) is 0 Å². The van der Waals surface area contributed by atoms with Crippen LogP contribution in [0.1, 0.15) is 38.1 Å². The lowest BCUT2D eigenvalue weighted by molar-refractivity contribution is 0.0523. The van der Waals surface area contributed by atoms with Crippen LogP contribution in [0.25, 0.3) is 0 Å². The van der Waals surface area contributed by atoms with Gasteiger partial charge >= 0.3 is 5.97 Å². The number of carbonyl (C=O) groups excluding carboxylic acids is 1. The predicted molar refractivity (Wildman–Crippen MR) is 86.0 cm³/mol. The molecule has 0 atom stereocenters. The monoisotopic (exact) mass is 298 g/mol. The highest BCUT2D eigenvalue weighted by Gasteiger charge is 2.17. The molecule has 0 unspecified atom stereocenters. The fourth-order valence-corrected chi connectivity index (χ4v) is 4.62. The van der Waals surface area contributed by atoms with E-state index in [0.29, 0.717) is 27.3 Å². The standard InChI is InChI=1S/C15H22O2S2/c1-11(2)18-14(19-12(3)4)10-17-15(16)13-8-6-5-7-9-13/h5-9,11-12,14H,10H2,1-4H3. The smallest absolute Gasteiger partial charge is 0.338 e. The molecule has 0 N–H and O–H groups in total. The van der Waals surface area contributed by atoms with E-state index < -0.39 is 0 Å². The minimum Gasteiger partial charge on any atom is -0.460 e. The Balaban J connectivity index is 2.49. The number of rotatable bonds is 7. The Morgan fingerprint density at radius 1 is 1.05 bits per heavy atom. The molecule has 2 nitrogen and oxygen atoms in total. The molecule has 0 amide bonds. The van der Waals surface area contributed by atoms with Gasteiger partial charge in [0.05, 0.1) is 10.1 Å². The van der Waals surface area contributed by atoms with Crippen molar-refractivity contribution in [3.8, 4) is 0 Å². The van der Waals surface area contributed by atoms with E-state index in [4.69, 9.17) is 4.74 Å². The van der Waals surface area contributed by atoms with E-state index in [9.17, 15) is 4.79 Å². The van der Waals surface area contributed by atoms with Gasteiger partial charge in [-0.05, 0) is 12.1 Å². The first kappa shape index (κ1) is 16.4. The molecule has 0 aromatic heterocycles. The number of thioether (sulfide) groups is 2. The molecule has 0 heterocycles. The summed E-state index contributed by atoms with van der Waals surface area (Å²) >= 11 is 3.70. The van der Waals surface area contributed by atoms with Gasteiger partial charge in [-0.25, -0.2) is 4.79 Å². The number of hydrogen-bond acceptors (Lipinski definition) is 4. The maximum atomic E-state index is 11.9. The summed E-state index contributed by atoms with van der Waals surface area (Å²) in [6.45, 7) is 9.11. The van der Waals surface area contributed by atoms with Crippen LogP contribution in [0, 0.1) is 0 Å². The van der Waals surface area contributed by atoms with Crippen LogP contribution < -0.4 is 0 Å².